The van der Waals surface area contributed by atoms with Crippen molar-refractivity contribution < 1.29 is 18.7 Å². The van der Waals surface area contributed by atoms with Crippen molar-refractivity contribution in [2.75, 3.05) is 38.2 Å². The van der Waals surface area contributed by atoms with Crippen molar-refractivity contribution in [3.05, 3.63) is 77.3 Å². The predicted molar refractivity (Wildman–Crippen MR) is 162 cm³/mol. The van der Waals surface area contributed by atoms with Crippen LogP contribution in [0.1, 0.15) is 16.9 Å². The lowest BCUT2D eigenvalue weighted by Crippen LogP contribution is -2.42. The highest BCUT2D eigenvalue weighted by atomic mass is 32.1. The number of halogens is 1. The number of thiophene rings is 1. The maximum atomic E-state index is 14.2. The van der Waals surface area contributed by atoms with E-state index in [1.807, 2.05) is 30.3 Å². The van der Waals surface area contributed by atoms with Gasteiger partial charge in [-0.1, -0.05) is 30.0 Å². The van der Waals surface area contributed by atoms with Crippen molar-refractivity contribution in [2.45, 2.75) is 25.1 Å². The molecule has 2 fully saturated rings. The number of nitrogens with zero attached hydrogens (tertiary/aromatic N) is 5. The van der Waals surface area contributed by atoms with Gasteiger partial charge in [0.05, 0.1) is 52.6 Å². The molecular weight excluding hydrogens is 569 g/mol. The number of hydrogen-bond acceptors (Lipinski definition) is 9. The molecule has 3 aromatic heterocycles. The van der Waals surface area contributed by atoms with Crippen LogP contribution in [0.5, 0.6) is 0 Å². The van der Waals surface area contributed by atoms with Crippen LogP contribution in [-0.2, 0) is 16.0 Å². The molecule has 2 aliphatic heterocycles. The monoisotopic (exact) mass is 597 g/mol. The third-order valence-electron chi connectivity index (χ3n) is 7.49. The van der Waals surface area contributed by atoms with Gasteiger partial charge in [0.1, 0.15) is 18.2 Å². The SMILES string of the molecule is O=C(O[C@H]1CN[C@H](C#Cc2cc3ncnc(Nc4ccc5c(cnn5Cc5ccccc5F)c4)c3s2)C1)N1CCOCC1. The van der Waals surface area contributed by atoms with E-state index in [0.29, 0.717) is 57.2 Å². The number of nitrogens with one attached hydrogen (secondary N) is 2. The molecule has 12 heteroatoms. The Kier molecular flexibility index (Phi) is 7.59. The molecule has 1 amide bonds. The molecule has 2 aliphatic rings. The Morgan fingerprint density at radius 1 is 1.19 bits per heavy atom. The number of aromatic nitrogens is 4. The summed E-state index contributed by atoms with van der Waals surface area (Å²) in [6, 6.07) is 14.5. The van der Waals surface area contributed by atoms with Gasteiger partial charge in [-0.05, 0) is 30.3 Å². The molecular formula is C31H28FN7O3S. The molecule has 0 spiro atoms. The van der Waals surface area contributed by atoms with E-state index in [2.05, 4.69) is 37.5 Å². The number of benzene rings is 2. The quantitative estimate of drug-likeness (QED) is 0.285. The molecule has 2 N–H and O–H groups in total. The summed E-state index contributed by atoms with van der Waals surface area (Å²) in [5.41, 5.74) is 3.16. The zero-order chi connectivity index (χ0) is 29.2. The normalized spacial score (nSPS) is 18.5. The Morgan fingerprint density at radius 2 is 2.07 bits per heavy atom. The van der Waals surface area contributed by atoms with E-state index in [9.17, 15) is 9.18 Å². The van der Waals surface area contributed by atoms with Crippen LogP contribution in [0.15, 0.2) is 61.1 Å². The predicted octanol–water partition coefficient (Wildman–Crippen LogP) is 4.52. The first kappa shape index (κ1) is 27.3. The van der Waals surface area contributed by atoms with Crippen molar-refractivity contribution in [1.29, 1.82) is 0 Å². The van der Waals surface area contributed by atoms with E-state index in [1.165, 1.54) is 23.7 Å². The molecule has 2 aromatic carbocycles. The van der Waals surface area contributed by atoms with Crippen LogP contribution < -0.4 is 10.6 Å². The van der Waals surface area contributed by atoms with Crippen molar-refractivity contribution in [1.82, 2.24) is 30.0 Å². The highest BCUT2D eigenvalue weighted by molar-refractivity contribution is 7.20. The second-order valence-electron chi connectivity index (χ2n) is 10.4. The van der Waals surface area contributed by atoms with Crippen LogP contribution in [0.3, 0.4) is 0 Å². The first-order chi connectivity index (χ1) is 21.1. The van der Waals surface area contributed by atoms with Gasteiger partial charge in [0.15, 0.2) is 5.82 Å². The van der Waals surface area contributed by atoms with E-state index >= 15 is 0 Å². The topological polar surface area (TPSA) is 106 Å². The minimum absolute atomic E-state index is 0.0672. The fourth-order valence-corrected chi connectivity index (χ4v) is 6.16. The Morgan fingerprint density at radius 3 is 2.95 bits per heavy atom. The number of anilines is 2. The Balaban J connectivity index is 1.02. The molecule has 5 heterocycles. The largest absolute Gasteiger partial charge is 0.445 e. The Hall–Kier alpha value is -4.57. The van der Waals surface area contributed by atoms with Crippen LogP contribution in [0.25, 0.3) is 21.1 Å². The number of carbonyl (C=O) groups excluding carboxylic acids is 1. The molecule has 10 nitrogen and oxygen atoms in total. The smallest absolute Gasteiger partial charge is 0.410 e. The van der Waals surface area contributed by atoms with Crippen molar-refractivity contribution >= 4 is 50.1 Å². The number of rotatable bonds is 5. The van der Waals surface area contributed by atoms with Gasteiger partial charge < -0.3 is 19.7 Å². The summed E-state index contributed by atoms with van der Waals surface area (Å²) in [5, 5.41) is 12.2. The van der Waals surface area contributed by atoms with Gasteiger partial charge in [0.2, 0.25) is 0 Å². The fourth-order valence-electron chi connectivity index (χ4n) is 5.24. The minimum atomic E-state index is -0.289. The zero-order valence-electron chi connectivity index (χ0n) is 23.1. The van der Waals surface area contributed by atoms with Crippen LogP contribution in [0.2, 0.25) is 0 Å². The summed E-state index contributed by atoms with van der Waals surface area (Å²) in [5.74, 6) is 6.98. The van der Waals surface area contributed by atoms with Gasteiger partial charge in [0, 0.05) is 42.7 Å². The number of fused-ring (bicyclic) bond motifs is 2. The number of morpholine rings is 1. The maximum Gasteiger partial charge on any atom is 0.410 e. The fraction of sp³-hybridized carbons (Fsp3) is 0.290. The molecule has 0 saturated carbocycles. The van der Waals surface area contributed by atoms with Gasteiger partial charge in [-0.15, -0.1) is 11.3 Å². The zero-order valence-corrected chi connectivity index (χ0v) is 23.9. The molecule has 0 aliphatic carbocycles. The lowest BCUT2D eigenvalue weighted by atomic mass is 10.2. The molecule has 2 atom stereocenters. The van der Waals surface area contributed by atoms with Crippen LogP contribution in [0.4, 0.5) is 20.7 Å². The summed E-state index contributed by atoms with van der Waals surface area (Å²) >= 11 is 1.52. The lowest BCUT2D eigenvalue weighted by Gasteiger charge is -2.27. The summed E-state index contributed by atoms with van der Waals surface area (Å²) in [7, 11) is 0. The Labute approximate surface area is 250 Å². The molecule has 0 unspecified atom stereocenters. The Bertz CT molecular complexity index is 1860. The molecule has 7 rings (SSSR count). The first-order valence-corrected chi connectivity index (χ1v) is 14.9. The van der Waals surface area contributed by atoms with E-state index < -0.39 is 0 Å². The van der Waals surface area contributed by atoms with E-state index in [4.69, 9.17) is 9.47 Å². The summed E-state index contributed by atoms with van der Waals surface area (Å²) in [6.07, 6.45) is 3.46. The van der Waals surface area contributed by atoms with E-state index in [1.54, 1.807) is 27.9 Å². The summed E-state index contributed by atoms with van der Waals surface area (Å²) in [4.78, 5) is 23.9. The second-order valence-corrected chi connectivity index (χ2v) is 11.5. The van der Waals surface area contributed by atoms with E-state index in [-0.39, 0.29) is 24.1 Å². The van der Waals surface area contributed by atoms with Crippen molar-refractivity contribution in [3.8, 4) is 11.8 Å². The average molecular weight is 598 g/mol. The standard InChI is InChI=1S/C31H28FN7O3S/c32-26-4-2-1-3-20(26)18-39-28-8-6-23(13-21(28)16-36-39)37-30-29-27(34-19-35-30)15-25(43-29)7-5-22-14-24(17-33-22)42-31(40)38-9-11-41-12-10-38/h1-4,6,8,13,15-16,19,22,24,33H,9-12,14,17-18H2,(H,34,35,37)/t22-,24-/m1/s1. The molecule has 0 radical (unpaired) electrons. The van der Waals surface area contributed by atoms with Crippen LogP contribution in [-0.4, -0.2) is 75.7 Å². The van der Waals surface area contributed by atoms with Gasteiger partial charge in [-0.2, -0.15) is 5.10 Å². The van der Waals surface area contributed by atoms with Gasteiger partial charge in [-0.3, -0.25) is 10.00 Å². The van der Waals surface area contributed by atoms with Gasteiger partial charge in [0.25, 0.3) is 0 Å². The second kappa shape index (κ2) is 12.0. The lowest BCUT2D eigenvalue weighted by molar-refractivity contribution is 0.0156. The van der Waals surface area contributed by atoms with Crippen molar-refractivity contribution in [2.24, 2.45) is 0 Å². The van der Waals surface area contributed by atoms with Gasteiger partial charge in [-0.25, -0.2) is 19.2 Å². The number of amides is 1. The molecule has 218 valence electrons. The highest BCUT2D eigenvalue weighted by Gasteiger charge is 2.28. The number of ether oxygens (including phenoxy) is 2. The van der Waals surface area contributed by atoms with Crippen LogP contribution >= 0.6 is 11.3 Å². The van der Waals surface area contributed by atoms with Crippen molar-refractivity contribution in [3.63, 3.8) is 0 Å². The van der Waals surface area contributed by atoms with Crippen LogP contribution in [0, 0.1) is 17.7 Å². The molecule has 5 aromatic rings. The van der Waals surface area contributed by atoms with E-state index in [0.717, 1.165) is 31.7 Å². The average Bonchev–Trinajstić information content (AvgIpc) is 3.76. The highest BCUT2D eigenvalue weighted by Crippen LogP contribution is 2.31. The third-order valence-corrected chi connectivity index (χ3v) is 8.54. The number of hydrogen-bond donors (Lipinski definition) is 2. The number of carbonyl (C=O) groups is 1. The first-order valence-electron chi connectivity index (χ1n) is 14.1. The molecule has 0 bridgehead atoms. The third kappa shape index (κ3) is 6.01. The molecule has 2 saturated heterocycles. The summed E-state index contributed by atoms with van der Waals surface area (Å²) in [6.45, 7) is 3.14. The van der Waals surface area contributed by atoms with Gasteiger partial charge >= 0.3 is 6.09 Å². The maximum absolute atomic E-state index is 14.2. The minimum Gasteiger partial charge on any atom is -0.445 e. The summed E-state index contributed by atoms with van der Waals surface area (Å²) < 4.78 is 27.8. The molecule has 43 heavy (non-hydrogen) atoms.